The molecule has 0 saturated heterocycles. The van der Waals surface area contributed by atoms with Crippen LogP contribution in [0.2, 0.25) is 0 Å². The second-order valence-electron chi connectivity index (χ2n) is 4.61. The Hall–Kier alpha value is -1.19. The highest BCUT2D eigenvalue weighted by atomic mass is 32.1. The number of rotatable bonds is 5. The summed E-state index contributed by atoms with van der Waals surface area (Å²) < 4.78 is 0. The van der Waals surface area contributed by atoms with E-state index in [1.165, 1.54) is 21.6 Å². The lowest BCUT2D eigenvalue weighted by atomic mass is 9.98. The van der Waals surface area contributed by atoms with E-state index >= 15 is 0 Å². The molecule has 96 valence electrons. The predicted molar refractivity (Wildman–Crippen MR) is 78.2 cm³/mol. The molecule has 0 radical (unpaired) electrons. The largest absolute Gasteiger partial charge is 0.306 e. The molecule has 2 aromatic heterocycles. The van der Waals surface area contributed by atoms with Crippen molar-refractivity contribution in [1.82, 2.24) is 10.3 Å². The molecular formula is C15H20N2S. The minimum atomic E-state index is 0.290. The third-order valence-corrected chi connectivity index (χ3v) is 3.94. The standard InChI is InChI=1S/C15H20N2S/c1-4-6-17-15(13-8-12(3)18-10-13)14-5-7-16-9-11(14)2/h5,7-10,15,17H,4,6H2,1-3H3. The van der Waals surface area contributed by atoms with Crippen LogP contribution in [0.3, 0.4) is 0 Å². The van der Waals surface area contributed by atoms with Gasteiger partial charge in [-0.3, -0.25) is 4.98 Å². The molecular weight excluding hydrogens is 240 g/mol. The third kappa shape index (κ3) is 2.98. The molecule has 0 amide bonds. The third-order valence-electron chi connectivity index (χ3n) is 3.06. The summed E-state index contributed by atoms with van der Waals surface area (Å²) in [5.41, 5.74) is 3.94. The van der Waals surface area contributed by atoms with Gasteiger partial charge in [-0.2, -0.15) is 0 Å². The summed E-state index contributed by atoms with van der Waals surface area (Å²) in [7, 11) is 0. The van der Waals surface area contributed by atoms with Crippen LogP contribution in [0.15, 0.2) is 29.9 Å². The van der Waals surface area contributed by atoms with Gasteiger partial charge in [0.2, 0.25) is 0 Å². The number of nitrogens with one attached hydrogen (secondary N) is 1. The molecule has 1 atom stereocenters. The molecule has 0 aromatic carbocycles. The van der Waals surface area contributed by atoms with Crippen LogP contribution in [0.1, 0.15) is 41.0 Å². The number of nitrogens with zero attached hydrogens (tertiary/aromatic N) is 1. The molecule has 0 aliphatic rings. The maximum Gasteiger partial charge on any atom is 0.0588 e. The predicted octanol–water partition coefficient (Wildman–Crippen LogP) is 3.85. The number of aromatic nitrogens is 1. The molecule has 2 heterocycles. The highest BCUT2D eigenvalue weighted by molar-refractivity contribution is 7.10. The van der Waals surface area contributed by atoms with Crippen LogP contribution in [0.4, 0.5) is 0 Å². The van der Waals surface area contributed by atoms with Crippen molar-refractivity contribution in [1.29, 1.82) is 0 Å². The number of thiophene rings is 1. The van der Waals surface area contributed by atoms with Crippen molar-refractivity contribution in [3.63, 3.8) is 0 Å². The molecule has 3 heteroatoms. The summed E-state index contributed by atoms with van der Waals surface area (Å²) in [4.78, 5) is 5.54. The lowest BCUT2D eigenvalue weighted by molar-refractivity contribution is 0.597. The number of pyridine rings is 1. The summed E-state index contributed by atoms with van der Waals surface area (Å²) in [6.07, 6.45) is 4.96. The van der Waals surface area contributed by atoms with Gasteiger partial charge in [0, 0.05) is 17.3 Å². The molecule has 2 nitrogen and oxygen atoms in total. The van der Waals surface area contributed by atoms with Gasteiger partial charge < -0.3 is 5.32 Å². The van der Waals surface area contributed by atoms with Crippen molar-refractivity contribution in [2.24, 2.45) is 0 Å². The first-order valence-corrected chi connectivity index (χ1v) is 7.29. The average Bonchev–Trinajstić information content (AvgIpc) is 2.78. The van der Waals surface area contributed by atoms with Crippen molar-refractivity contribution < 1.29 is 0 Å². The van der Waals surface area contributed by atoms with E-state index in [1.807, 2.05) is 23.7 Å². The maximum atomic E-state index is 4.18. The molecule has 18 heavy (non-hydrogen) atoms. The van der Waals surface area contributed by atoms with E-state index in [4.69, 9.17) is 0 Å². The lowest BCUT2D eigenvalue weighted by Gasteiger charge is -2.19. The van der Waals surface area contributed by atoms with Crippen molar-refractivity contribution in [2.45, 2.75) is 33.2 Å². The van der Waals surface area contributed by atoms with Gasteiger partial charge in [-0.05, 0) is 61.0 Å². The topological polar surface area (TPSA) is 24.9 Å². The normalized spacial score (nSPS) is 12.6. The lowest BCUT2D eigenvalue weighted by Crippen LogP contribution is -2.23. The van der Waals surface area contributed by atoms with Gasteiger partial charge in [-0.25, -0.2) is 0 Å². The zero-order valence-electron chi connectivity index (χ0n) is 11.2. The zero-order chi connectivity index (χ0) is 13.0. The minimum absolute atomic E-state index is 0.290. The van der Waals surface area contributed by atoms with Gasteiger partial charge in [0.05, 0.1) is 6.04 Å². The SMILES string of the molecule is CCCNC(c1csc(C)c1)c1ccncc1C. The summed E-state index contributed by atoms with van der Waals surface area (Å²) in [5.74, 6) is 0. The van der Waals surface area contributed by atoms with Gasteiger partial charge in [0.25, 0.3) is 0 Å². The van der Waals surface area contributed by atoms with Gasteiger partial charge in [0.1, 0.15) is 0 Å². The molecule has 1 N–H and O–H groups in total. The van der Waals surface area contributed by atoms with Crippen molar-refractivity contribution in [2.75, 3.05) is 6.54 Å². The van der Waals surface area contributed by atoms with Gasteiger partial charge in [-0.15, -0.1) is 11.3 Å². The Morgan fingerprint density at radius 2 is 2.22 bits per heavy atom. The summed E-state index contributed by atoms with van der Waals surface area (Å²) in [5, 5.41) is 5.89. The Morgan fingerprint density at radius 1 is 1.39 bits per heavy atom. The van der Waals surface area contributed by atoms with E-state index in [9.17, 15) is 0 Å². The van der Waals surface area contributed by atoms with Crippen molar-refractivity contribution in [3.8, 4) is 0 Å². The fourth-order valence-corrected chi connectivity index (χ4v) is 2.85. The summed E-state index contributed by atoms with van der Waals surface area (Å²) in [6, 6.07) is 4.69. The fourth-order valence-electron chi connectivity index (χ4n) is 2.12. The molecule has 0 spiro atoms. The van der Waals surface area contributed by atoms with Crippen LogP contribution in [-0.4, -0.2) is 11.5 Å². The van der Waals surface area contributed by atoms with Crippen LogP contribution in [0, 0.1) is 13.8 Å². The van der Waals surface area contributed by atoms with Crippen LogP contribution >= 0.6 is 11.3 Å². The Kier molecular flexibility index (Phi) is 4.50. The van der Waals surface area contributed by atoms with Crippen LogP contribution in [0.25, 0.3) is 0 Å². The zero-order valence-corrected chi connectivity index (χ0v) is 12.1. The van der Waals surface area contributed by atoms with Gasteiger partial charge in [-0.1, -0.05) is 6.92 Å². The first-order valence-electron chi connectivity index (χ1n) is 6.41. The molecule has 1 unspecified atom stereocenters. The molecule has 0 bridgehead atoms. The van der Waals surface area contributed by atoms with E-state index < -0.39 is 0 Å². The van der Waals surface area contributed by atoms with E-state index in [-0.39, 0.29) is 6.04 Å². The van der Waals surface area contributed by atoms with Gasteiger partial charge in [0.15, 0.2) is 0 Å². The fraction of sp³-hybridized carbons (Fsp3) is 0.400. The van der Waals surface area contributed by atoms with Crippen LogP contribution in [0.5, 0.6) is 0 Å². The summed E-state index contributed by atoms with van der Waals surface area (Å²) >= 11 is 1.81. The number of aryl methyl sites for hydroxylation is 2. The Morgan fingerprint density at radius 3 is 2.83 bits per heavy atom. The molecule has 0 saturated carbocycles. The van der Waals surface area contributed by atoms with E-state index in [0.29, 0.717) is 0 Å². The Balaban J connectivity index is 2.33. The van der Waals surface area contributed by atoms with Crippen LogP contribution < -0.4 is 5.32 Å². The van der Waals surface area contributed by atoms with Crippen molar-refractivity contribution >= 4 is 11.3 Å². The van der Waals surface area contributed by atoms with E-state index in [2.05, 4.69) is 48.6 Å². The summed E-state index contributed by atoms with van der Waals surface area (Å²) in [6.45, 7) is 7.51. The average molecular weight is 260 g/mol. The number of hydrogen-bond donors (Lipinski definition) is 1. The molecule has 2 rings (SSSR count). The van der Waals surface area contributed by atoms with Gasteiger partial charge >= 0.3 is 0 Å². The molecule has 0 aliphatic carbocycles. The molecule has 0 fully saturated rings. The quantitative estimate of drug-likeness (QED) is 0.883. The highest BCUT2D eigenvalue weighted by Gasteiger charge is 2.16. The second-order valence-corrected chi connectivity index (χ2v) is 5.73. The second kappa shape index (κ2) is 6.12. The minimum Gasteiger partial charge on any atom is -0.306 e. The number of hydrogen-bond acceptors (Lipinski definition) is 3. The molecule has 0 aliphatic heterocycles. The van der Waals surface area contributed by atoms with E-state index in [0.717, 1.165) is 13.0 Å². The monoisotopic (exact) mass is 260 g/mol. The Bertz CT molecular complexity index is 505. The Labute approximate surface area is 113 Å². The maximum absolute atomic E-state index is 4.18. The highest BCUT2D eigenvalue weighted by Crippen LogP contribution is 2.27. The van der Waals surface area contributed by atoms with E-state index in [1.54, 1.807) is 0 Å². The molecule has 2 aromatic rings. The smallest absolute Gasteiger partial charge is 0.0588 e. The first kappa shape index (κ1) is 13.2. The first-order chi connectivity index (χ1) is 8.72. The van der Waals surface area contributed by atoms with Crippen LogP contribution in [-0.2, 0) is 0 Å². The van der Waals surface area contributed by atoms with Crippen molar-refractivity contribution in [3.05, 3.63) is 51.5 Å².